The van der Waals surface area contributed by atoms with Crippen LogP contribution in [0.15, 0.2) is 140 Å². The Kier molecular flexibility index (Phi) is 15.7. The molecule has 3 amide bonds. The molecule has 5 rings (SSSR count). The van der Waals surface area contributed by atoms with Crippen LogP contribution in [-0.2, 0) is 56.6 Å². The van der Waals surface area contributed by atoms with Crippen LogP contribution in [0.1, 0.15) is 40.7 Å². The quantitative estimate of drug-likeness (QED) is 0.0406. The average molecular weight is 760 g/mol. The van der Waals surface area contributed by atoms with E-state index in [9.17, 15) is 24.3 Å². The summed E-state index contributed by atoms with van der Waals surface area (Å²) in [5.41, 5.74) is 3.85. The summed E-state index contributed by atoms with van der Waals surface area (Å²) in [6, 6.07) is 39.4. The number of aromatic hydroxyl groups is 1. The van der Waals surface area contributed by atoms with E-state index in [0.29, 0.717) is 5.56 Å². The van der Waals surface area contributed by atoms with Crippen LogP contribution >= 0.6 is 0 Å². The van der Waals surface area contributed by atoms with Crippen molar-refractivity contribution in [2.24, 2.45) is 0 Å². The number of alkyl carbamates (subject to hydrolysis) is 2. The summed E-state index contributed by atoms with van der Waals surface area (Å²) in [4.78, 5) is 52.4. The number of rotatable bonds is 19. The van der Waals surface area contributed by atoms with E-state index >= 15 is 0 Å². The highest BCUT2D eigenvalue weighted by Crippen LogP contribution is 2.28. The highest BCUT2D eigenvalue weighted by atomic mass is 16.6. The number of esters is 1. The van der Waals surface area contributed by atoms with Gasteiger partial charge in [0.15, 0.2) is 11.5 Å². The SMILES string of the molecule is O=C(N[C@@H](Cc1ccc(O)c(OCc2ccccc2)c1)C(=O)NCCC[C@H](NC(=O)OCc1ccccc1)C(=O)OCc1ccccc1)OCc1ccccc1. The van der Waals surface area contributed by atoms with Gasteiger partial charge in [-0.1, -0.05) is 127 Å². The standard InChI is InChI=1S/C44H45N3O9/c48-39-24-23-36(27-40(39)53-28-32-14-5-1-6-15-32)26-38(47-44(52)56-31-35-20-11-4-12-21-35)41(49)45-25-13-22-37(42(50)54-29-33-16-7-2-8-17-33)46-43(51)55-30-34-18-9-3-10-19-34/h1-12,14-21,23-24,27,37-38,48H,13,22,25-26,28-31H2,(H,45,49)(H,46,51)(H,47,52)/t37-,38-/m0/s1. The molecule has 0 heterocycles. The number of carbonyl (C=O) groups excluding carboxylic acids is 4. The first kappa shape index (κ1) is 40.4. The molecular formula is C44H45N3O9. The van der Waals surface area contributed by atoms with Crippen molar-refractivity contribution in [3.8, 4) is 11.5 Å². The molecule has 12 nitrogen and oxygen atoms in total. The molecule has 2 atom stereocenters. The van der Waals surface area contributed by atoms with Gasteiger partial charge in [0.2, 0.25) is 5.91 Å². The number of benzene rings is 5. The Hall–Kier alpha value is -6.82. The Morgan fingerprint density at radius 2 is 1.00 bits per heavy atom. The molecule has 12 heteroatoms. The summed E-state index contributed by atoms with van der Waals surface area (Å²) in [6.45, 7) is 0.336. The van der Waals surface area contributed by atoms with E-state index in [1.54, 1.807) is 12.1 Å². The summed E-state index contributed by atoms with van der Waals surface area (Å²) in [5.74, 6) is -1.03. The first-order chi connectivity index (χ1) is 27.3. The zero-order valence-corrected chi connectivity index (χ0v) is 30.8. The zero-order valence-electron chi connectivity index (χ0n) is 30.8. The van der Waals surface area contributed by atoms with Crippen molar-refractivity contribution in [1.82, 2.24) is 16.0 Å². The average Bonchev–Trinajstić information content (AvgIpc) is 3.23. The fourth-order valence-corrected chi connectivity index (χ4v) is 5.51. The molecule has 0 aromatic heterocycles. The van der Waals surface area contributed by atoms with Crippen LogP contribution in [0.5, 0.6) is 11.5 Å². The Labute approximate surface area is 325 Å². The van der Waals surface area contributed by atoms with E-state index in [2.05, 4.69) is 16.0 Å². The van der Waals surface area contributed by atoms with Crippen molar-refractivity contribution in [2.75, 3.05) is 6.54 Å². The molecule has 0 spiro atoms. The topological polar surface area (TPSA) is 162 Å². The molecule has 4 N–H and O–H groups in total. The van der Waals surface area contributed by atoms with Crippen molar-refractivity contribution >= 4 is 24.1 Å². The second-order valence-corrected chi connectivity index (χ2v) is 12.8. The van der Waals surface area contributed by atoms with Gasteiger partial charge < -0.3 is 40.0 Å². The third-order valence-corrected chi connectivity index (χ3v) is 8.50. The predicted octanol–water partition coefficient (Wildman–Crippen LogP) is 6.74. The largest absolute Gasteiger partial charge is 0.504 e. The van der Waals surface area contributed by atoms with Gasteiger partial charge in [0, 0.05) is 13.0 Å². The molecule has 5 aromatic carbocycles. The van der Waals surface area contributed by atoms with E-state index in [1.165, 1.54) is 6.07 Å². The van der Waals surface area contributed by atoms with Crippen LogP contribution in [0.2, 0.25) is 0 Å². The molecule has 56 heavy (non-hydrogen) atoms. The van der Waals surface area contributed by atoms with Crippen molar-refractivity contribution in [1.29, 1.82) is 0 Å². The Balaban J connectivity index is 1.20. The molecule has 0 radical (unpaired) electrons. The molecule has 0 aliphatic carbocycles. The summed E-state index contributed by atoms with van der Waals surface area (Å²) >= 11 is 0. The maximum atomic E-state index is 13.6. The summed E-state index contributed by atoms with van der Waals surface area (Å²) in [7, 11) is 0. The third kappa shape index (κ3) is 13.9. The molecule has 0 saturated carbocycles. The van der Waals surface area contributed by atoms with Gasteiger partial charge in [-0.25, -0.2) is 14.4 Å². The molecule has 290 valence electrons. The van der Waals surface area contributed by atoms with Crippen molar-refractivity contribution < 1.29 is 43.2 Å². The van der Waals surface area contributed by atoms with Gasteiger partial charge in [-0.05, 0) is 52.8 Å². The summed E-state index contributed by atoms with van der Waals surface area (Å²) in [5, 5.41) is 18.5. The van der Waals surface area contributed by atoms with Gasteiger partial charge in [0.05, 0.1) is 0 Å². The number of amides is 3. The van der Waals surface area contributed by atoms with Crippen LogP contribution in [0.4, 0.5) is 9.59 Å². The van der Waals surface area contributed by atoms with Gasteiger partial charge in [0.25, 0.3) is 0 Å². The Morgan fingerprint density at radius 3 is 1.52 bits per heavy atom. The molecule has 0 unspecified atom stereocenters. The number of ether oxygens (including phenoxy) is 4. The minimum atomic E-state index is -1.08. The summed E-state index contributed by atoms with van der Waals surface area (Å²) in [6.07, 6.45) is -1.17. The minimum Gasteiger partial charge on any atom is -0.504 e. The van der Waals surface area contributed by atoms with Gasteiger partial charge in [-0.3, -0.25) is 4.79 Å². The smallest absolute Gasteiger partial charge is 0.408 e. The van der Waals surface area contributed by atoms with E-state index in [1.807, 2.05) is 121 Å². The number of phenols is 1. The lowest BCUT2D eigenvalue weighted by Gasteiger charge is -2.20. The molecule has 5 aromatic rings. The lowest BCUT2D eigenvalue weighted by atomic mass is 10.0. The summed E-state index contributed by atoms with van der Waals surface area (Å²) < 4.78 is 22.1. The maximum absolute atomic E-state index is 13.6. The molecule has 0 aliphatic rings. The molecule has 0 fully saturated rings. The van der Waals surface area contributed by atoms with Gasteiger partial charge >= 0.3 is 18.2 Å². The van der Waals surface area contributed by atoms with Crippen LogP contribution in [0.3, 0.4) is 0 Å². The maximum Gasteiger partial charge on any atom is 0.408 e. The van der Waals surface area contributed by atoms with E-state index < -0.39 is 36.1 Å². The molecule has 0 bridgehead atoms. The van der Waals surface area contributed by atoms with Crippen molar-refractivity contribution in [3.05, 3.63) is 167 Å². The van der Waals surface area contributed by atoms with Crippen molar-refractivity contribution in [3.63, 3.8) is 0 Å². The highest BCUT2D eigenvalue weighted by molar-refractivity contribution is 5.86. The lowest BCUT2D eigenvalue weighted by molar-refractivity contribution is -0.147. The molecular weight excluding hydrogens is 714 g/mol. The van der Waals surface area contributed by atoms with Gasteiger partial charge in [0.1, 0.15) is 38.5 Å². The zero-order chi connectivity index (χ0) is 39.4. The number of carbonyl (C=O) groups is 4. The first-order valence-electron chi connectivity index (χ1n) is 18.2. The highest BCUT2D eigenvalue weighted by Gasteiger charge is 2.25. The molecule has 0 aliphatic heterocycles. The van der Waals surface area contributed by atoms with Crippen LogP contribution < -0.4 is 20.7 Å². The van der Waals surface area contributed by atoms with E-state index in [4.69, 9.17) is 18.9 Å². The van der Waals surface area contributed by atoms with Crippen LogP contribution in [0.25, 0.3) is 0 Å². The lowest BCUT2D eigenvalue weighted by Crippen LogP contribution is -2.48. The normalized spacial score (nSPS) is 11.6. The van der Waals surface area contributed by atoms with Crippen LogP contribution in [-0.4, -0.2) is 47.8 Å². The number of hydrogen-bond donors (Lipinski definition) is 4. The second kappa shape index (κ2) is 21.8. The van der Waals surface area contributed by atoms with E-state index in [-0.39, 0.29) is 63.7 Å². The Bertz CT molecular complexity index is 1980. The number of hydrogen-bond acceptors (Lipinski definition) is 9. The third-order valence-electron chi connectivity index (χ3n) is 8.50. The fourth-order valence-electron chi connectivity index (χ4n) is 5.51. The number of nitrogens with one attached hydrogen (secondary N) is 3. The first-order valence-corrected chi connectivity index (χ1v) is 18.2. The second-order valence-electron chi connectivity index (χ2n) is 12.8. The Morgan fingerprint density at radius 1 is 0.536 bits per heavy atom. The van der Waals surface area contributed by atoms with E-state index in [0.717, 1.165) is 22.3 Å². The molecule has 0 saturated heterocycles. The van der Waals surface area contributed by atoms with Crippen molar-refractivity contribution in [2.45, 2.75) is 57.8 Å². The monoisotopic (exact) mass is 759 g/mol. The fraction of sp³-hybridized carbons (Fsp3) is 0.227. The van der Waals surface area contributed by atoms with Crippen LogP contribution in [0, 0.1) is 0 Å². The predicted molar refractivity (Wildman–Crippen MR) is 208 cm³/mol. The minimum absolute atomic E-state index is 0.000238. The number of phenolic OH excluding ortho intramolecular Hbond substituents is 1. The van der Waals surface area contributed by atoms with Gasteiger partial charge in [-0.2, -0.15) is 0 Å². The van der Waals surface area contributed by atoms with Gasteiger partial charge in [-0.15, -0.1) is 0 Å².